The predicted molar refractivity (Wildman–Crippen MR) is 143 cm³/mol. The normalized spacial score (nSPS) is 22.6. The van der Waals surface area contributed by atoms with Crippen molar-refractivity contribution in [2.24, 2.45) is 11.3 Å². The van der Waals surface area contributed by atoms with E-state index in [1.165, 1.54) is 69.5 Å². The van der Waals surface area contributed by atoms with Crippen LogP contribution < -0.4 is 9.80 Å². The third-order valence-corrected chi connectivity index (χ3v) is 8.37. The number of hydrogen-bond acceptors (Lipinski definition) is 4. The molecule has 3 fully saturated rings. The average Bonchev–Trinajstić information content (AvgIpc) is 2.83. The zero-order chi connectivity index (χ0) is 22.6. The highest BCUT2D eigenvalue weighted by molar-refractivity contribution is 5.85. The maximum absolute atomic E-state index is 9.27. The van der Waals surface area contributed by atoms with E-state index >= 15 is 0 Å². The maximum atomic E-state index is 9.27. The molecule has 0 atom stereocenters. The Morgan fingerprint density at radius 1 is 0.939 bits per heavy atom. The van der Waals surface area contributed by atoms with Gasteiger partial charge in [-0.25, -0.2) is 0 Å². The molecule has 184 valence electrons. The van der Waals surface area contributed by atoms with Crippen LogP contribution in [0, 0.1) is 22.7 Å². The fraction of sp³-hybridized carbons (Fsp3) is 0.750. The molecule has 0 spiro atoms. The first-order valence-corrected chi connectivity index (χ1v) is 13.2. The van der Waals surface area contributed by atoms with Crippen LogP contribution in [0.15, 0.2) is 18.2 Å². The van der Waals surface area contributed by atoms with Crippen LogP contribution in [0.25, 0.3) is 0 Å². The molecule has 2 saturated heterocycles. The Labute approximate surface area is 208 Å². The van der Waals surface area contributed by atoms with Crippen molar-refractivity contribution in [2.75, 3.05) is 55.6 Å². The van der Waals surface area contributed by atoms with Gasteiger partial charge in [0.15, 0.2) is 0 Å². The number of benzene rings is 1. The highest BCUT2D eigenvalue weighted by Gasteiger charge is 2.31. The van der Waals surface area contributed by atoms with Crippen molar-refractivity contribution >= 4 is 23.8 Å². The van der Waals surface area contributed by atoms with Crippen LogP contribution >= 0.6 is 12.4 Å². The monoisotopic (exact) mass is 472 g/mol. The largest absolute Gasteiger partial charge is 0.371 e. The molecule has 1 aromatic rings. The molecule has 0 radical (unpaired) electrons. The lowest BCUT2D eigenvalue weighted by atomic mass is 9.71. The molecule has 5 heteroatoms. The summed E-state index contributed by atoms with van der Waals surface area (Å²) in [5.41, 5.74) is 4.98. The van der Waals surface area contributed by atoms with Gasteiger partial charge in [-0.15, -0.1) is 12.4 Å². The van der Waals surface area contributed by atoms with Gasteiger partial charge in [0.2, 0.25) is 0 Å². The van der Waals surface area contributed by atoms with Crippen LogP contribution in [0.2, 0.25) is 0 Å². The minimum Gasteiger partial charge on any atom is -0.371 e. The summed E-state index contributed by atoms with van der Waals surface area (Å²) >= 11 is 0. The molecular weight excluding hydrogens is 428 g/mol. The first kappa shape index (κ1) is 26.2. The van der Waals surface area contributed by atoms with Crippen LogP contribution in [0.5, 0.6) is 0 Å². The lowest BCUT2D eigenvalue weighted by Crippen LogP contribution is -2.47. The van der Waals surface area contributed by atoms with Crippen LogP contribution in [0.1, 0.15) is 83.6 Å². The van der Waals surface area contributed by atoms with Crippen molar-refractivity contribution < 1.29 is 0 Å². The molecule has 2 aliphatic heterocycles. The zero-order valence-electron chi connectivity index (χ0n) is 21.2. The van der Waals surface area contributed by atoms with Crippen molar-refractivity contribution in [3.05, 3.63) is 23.8 Å². The summed E-state index contributed by atoms with van der Waals surface area (Å²) in [6.07, 6.45) is 9.91. The molecule has 0 unspecified atom stereocenters. The molecule has 4 nitrogen and oxygen atoms in total. The summed E-state index contributed by atoms with van der Waals surface area (Å²) in [5.74, 6) is 0.933. The van der Waals surface area contributed by atoms with Crippen LogP contribution in [-0.2, 0) is 0 Å². The highest BCUT2D eigenvalue weighted by atomic mass is 35.5. The Morgan fingerprint density at radius 3 is 2.21 bits per heavy atom. The molecule has 33 heavy (non-hydrogen) atoms. The minimum atomic E-state index is 0. The number of hydrogen-bond donors (Lipinski definition) is 0. The standard InChI is InChI=1S/C28H44N4.ClH/c1-4-5-14-30-17-19-32(20-18-30)27-7-6-25(31-15-10-23(22-29)11-16-31)21-26(27)24-8-12-28(2,3)13-9-24;/h6-7,21,23-24H,4-5,8-20H2,1-3H3;1H. The van der Waals surface area contributed by atoms with Gasteiger partial charge in [-0.2, -0.15) is 5.26 Å². The lowest BCUT2D eigenvalue weighted by molar-refractivity contribution is 0.224. The third-order valence-electron chi connectivity index (χ3n) is 8.37. The lowest BCUT2D eigenvalue weighted by Gasteiger charge is -2.40. The topological polar surface area (TPSA) is 33.5 Å². The SMILES string of the molecule is CCCCN1CCN(c2ccc(N3CCC(C#N)CC3)cc2C2CCC(C)(C)CC2)CC1.Cl. The van der Waals surface area contributed by atoms with Gasteiger partial charge in [-0.05, 0) is 86.6 Å². The van der Waals surface area contributed by atoms with E-state index in [9.17, 15) is 5.26 Å². The molecule has 1 aromatic carbocycles. The van der Waals surface area contributed by atoms with Gasteiger partial charge in [-0.1, -0.05) is 27.2 Å². The van der Waals surface area contributed by atoms with Crippen LogP contribution in [0.3, 0.4) is 0 Å². The Morgan fingerprint density at radius 2 is 1.61 bits per heavy atom. The maximum Gasteiger partial charge on any atom is 0.0657 e. The van der Waals surface area contributed by atoms with Crippen LogP contribution in [0.4, 0.5) is 11.4 Å². The number of unbranched alkanes of at least 4 members (excludes halogenated alkanes) is 1. The van der Waals surface area contributed by atoms with Crippen molar-refractivity contribution in [1.82, 2.24) is 4.90 Å². The Hall–Kier alpha value is -1.44. The average molecular weight is 473 g/mol. The molecule has 1 aliphatic carbocycles. The van der Waals surface area contributed by atoms with Crippen molar-refractivity contribution in [3.8, 4) is 6.07 Å². The van der Waals surface area contributed by atoms with E-state index in [2.05, 4.69) is 59.7 Å². The molecule has 4 rings (SSSR count). The van der Waals surface area contributed by atoms with Crippen LogP contribution in [-0.4, -0.2) is 50.7 Å². The fourth-order valence-corrected chi connectivity index (χ4v) is 5.92. The number of nitriles is 1. The second-order valence-corrected chi connectivity index (χ2v) is 11.3. The number of piperidine rings is 1. The Bertz CT molecular complexity index is 776. The molecule has 1 saturated carbocycles. The van der Waals surface area contributed by atoms with E-state index in [1.54, 1.807) is 5.56 Å². The molecule has 0 amide bonds. The summed E-state index contributed by atoms with van der Waals surface area (Å²) in [6, 6.07) is 9.81. The van der Waals surface area contributed by atoms with Gasteiger partial charge in [0.25, 0.3) is 0 Å². The van der Waals surface area contributed by atoms with E-state index in [-0.39, 0.29) is 18.3 Å². The zero-order valence-corrected chi connectivity index (χ0v) is 22.0. The molecule has 3 aliphatic rings. The number of nitrogens with zero attached hydrogens (tertiary/aromatic N) is 4. The van der Waals surface area contributed by atoms with Gasteiger partial charge in [0, 0.05) is 56.6 Å². The van der Waals surface area contributed by atoms with E-state index in [1.807, 2.05) is 0 Å². The van der Waals surface area contributed by atoms with Crippen molar-refractivity contribution in [2.45, 2.75) is 78.1 Å². The fourth-order valence-electron chi connectivity index (χ4n) is 5.92. The van der Waals surface area contributed by atoms with E-state index in [0.29, 0.717) is 11.3 Å². The van der Waals surface area contributed by atoms with Gasteiger partial charge < -0.3 is 9.80 Å². The Balaban J connectivity index is 0.00000306. The summed E-state index contributed by atoms with van der Waals surface area (Å²) in [7, 11) is 0. The molecule has 0 bridgehead atoms. The van der Waals surface area contributed by atoms with Crippen molar-refractivity contribution in [3.63, 3.8) is 0 Å². The summed E-state index contributed by atoms with van der Waals surface area (Å²) in [5, 5.41) is 9.27. The highest BCUT2D eigenvalue weighted by Crippen LogP contribution is 2.46. The molecule has 0 N–H and O–H groups in total. The first-order valence-electron chi connectivity index (χ1n) is 13.2. The number of anilines is 2. The van der Waals surface area contributed by atoms with Crippen molar-refractivity contribution in [1.29, 1.82) is 5.26 Å². The second-order valence-electron chi connectivity index (χ2n) is 11.3. The van der Waals surface area contributed by atoms with Gasteiger partial charge in [0.1, 0.15) is 0 Å². The summed E-state index contributed by atoms with van der Waals surface area (Å²) in [6.45, 7) is 15.2. The quantitative estimate of drug-likeness (QED) is 0.476. The minimum absolute atomic E-state index is 0. The summed E-state index contributed by atoms with van der Waals surface area (Å²) in [4.78, 5) is 7.84. The third kappa shape index (κ3) is 6.58. The summed E-state index contributed by atoms with van der Waals surface area (Å²) < 4.78 is 0. The molecular formula is C28H45ClN4. The van der Waals surface area contributed by atoms with Gasteiger partial charge >= 0.3 is 0 Å². The molecule has 2 heterocycles. The van der Waals surface area contributed by atoms with E-state index in [0.717, 1.165) is 39.0 Å². The number of halogens is 1. The first-order chi connectivity index (χ1) is 15.5. The second kappa shape index (κ2) is 11.8. The van der Waals surface area contributed by atoms with Gasteiger partial charge in [0.05, 0.1) is 6.07 Å². The Kier molecular flexibility index (Phi) is 9.36. The van der Waals surface area contributed by atoms with Gasteiger partial charge in [-0.3, -0.25) is 4.90 Å². The van der Waals surface area contributed by atoms with E-state index in [4.69, 9.17) is 0 Å². The number of rotatable bonds is 6. The van der Waals surface area contributed by atoms with E-state index < -0.39 is 0 Å². The smallest absolute Gasteiger partial charge is 0.0657 e. The number of piperazine rings is 1. The predicted octanol–water partition coefficient (Wildman–Crippen LogP) is 6.45. The molecule has 0 aromatic heterocycles.